The fourth-order valence-corrected chi connectivity index (χ4v) is 4.79. The van der Waals surface area contributed by atoms with Crippen molar-refractivity contribution in [2.45, 2.75) is 25.8 Å². The van der Waals surface area contributed by atoms with E-state index in [2.05, 4.69) is 15.1 Å². The summed E-state index contributed by atoms with van der Waals surface area (Å²) in [4.78, 5) is 32.0. The molecular formula is C29H33N5O3. The zero-order chi connectivity index (χ0) is 25.6. The van der Waals surface area contributed by atoms with Gasteiger partial charge in [-0.15, -0.1) is 10.2 Å². The van der Waals surface area contributed by atoms with Crippen molar-refractivity contribution in [3.63, 3.8) is 0 Å². The van der Waals surface area contributed by atoms with Crippen LogP contribution < -0.4 is 9.64 Å². The van der Waals surface area contributed by atoms with E-state index in [4.69, 9.17) is 4.74 Å². The van der Waals surface area contributed by atoms with Crippen molar-refractivity contribution in [1.29, 1.82) is 0 Å². The maximum atomic E-state index is 13.2. The Hall–Kier alpha value is -3.94. The summed E-state index contributed by atoms with van der Waals surface area (Å²) in [5.74, 6) is 1.78. The van der Waals surface area contributed by atoms with Gasteiger partial charge in [-0.1, -0.05) is 36.8 Å². The van der Waals surface area contributed by atoms with Gasteiger partial charge < -0.3 is 19.4 Å². The zero-order valence-electron chi connectivity index (χ0n) is 21.3. The van der Waals surface area contributed by atoms with Crippen LogP contribution in [0.5, 0.6) is 5.75 Å². The van der Waals surface area contributed by atoms with E-state index in [1.807, 2.05) is 71.6 Å². The van der Waals surface area contributed by atoms with Crippen LogP contribution in [0.4, 0.5) is 5.82 Å². The molecule has 1 aliphatic heterocycles. The number of nitrogens with zero attached hydrogens (tertiary/aromatic N) is 5. The number of amides is 2. The van der Waals surface area contributed by atoms with Crippen molar-refractivity contribution in [2.24, 2.45) is 5.92 Å². The van der Waals surface area contributed by atoms with E-state index in [1.54, 1.807) is 12.0 Å². The lowest BCUT2D eigenvalue weighted by molar-refractivity contribution is -0.145. The van der Waals surface area contributed by atoms with Gasteiger partial charge in [0.05, 0.1) is 12.8 Å². The molecule has 2 fully saturated rings. The minimum absolute atomic E-state index is 0.00388. The molecule has 8 heteroatoms. The quantitative estimate of drug-likeness (QED) is 0.471. The van der Waals surface area contributed by atoms with Gasteiger partial charge in [-0.05, 0) is 54.8 Å². The summed E-state index contributed by atoms with van der Waals surface area (Å²) in [7, 11) is 1.65. The third kappa shape index (κ3) is 5.90. The van der Waals surface area contributed by atoms with E-state index in [0.717, 1.165) is 47.7 Å². The topological polar surface area (TPSA) is 78.9 Å². The second-order valence-electron chi connectivity index (χ2n) is 9.68. The number of methoxy groups -OCH3 is 1. The molecule has 192 valence electrons. The Morgan fingerprint density at radius 1 is 0.919 bits per heavy atom. The molecule has 0 unspecified atom stereocenters. The summed E-state index contributed by atoms with van der Waals surface area (Å²) < 4.78 is 5.22. The van der Waals surface area contributed by atoms with Crippen LogP contribution in [0.15, 0.2) is 66.7 Å². The zero-order valence-corrected chi connectivity index (χ0v) is 21.3. The largest absolute Gasteiger partial charge is 0.497 e. The van der Waals surface area contributed by atoms with Crippen LogP contribution in [0.2, 0.25) is 0 Å². The molecule has 8 nitrogen and oxygen atoms in total. The summed E-state index contributed by atoms with van der Waals surface area (Å²) in [5.41, 5.74) is 2.83. The third-order valence-corrected chi connectivity index (χ3v) is 7.30. The molecule has 1 saturated heterocycles. The highest BCUT2D eigenvalue weighted by molar-refractivity contribution is 5.86. The molecule has 37 heavy (non-hydrogen) atoms. The normalized spacial score (nSPS) is 15.7. The molecule has 3 aromatic rings. The SMILES string of the molecule is COc1ccc(-c2ccc(N3CCN(C(=O)CN(Cc4ccccc4)C(=O)C4CCC4)CC3)nn2)cc1. The second-order valence-corrected chi connectivity index (χ2v) is 9.68. The van der Waals surface area contributed by atoms with E-state index < -0.39 is 0 Å². The number of aromatic nitrogens is 2. The molecule has 2 aliphatic rings. The monoisotopic (exact) mass is 499 g/mol. The fraction of sp³-hybridized carbons (Fsp3) is 0.379. The van der Waals surface area contributed by atoms with Gasteiger partial charge in [0.1, 0.15) is 12.3 Å². The standard InChI is InChI=1S/C29H33N5O3/c1-37-25-12-10-23(11-13-25)26-14-15-27(31-30-26)32-16-18-33(19-17-32)28(35)21-34(29(36)24-8-5-9-24)20-22-6-3-2-4-7-22/h2-4,6-7,10-15,24H,5,8-9,16-21H2,1H3. The maximum Gasteiger partial charge on any atom is 0.242 e. The van der Waals surface area contributed by atoms with Gasteiger partial charge in [0.15, 0.2) is 5.82 Å². The van der Waals surface area contributed by atoms with Crippen LogP contribution in [0.1, 0.15) is 24.8 Å². The molecule has 1 saturated carbocycles. The Balaban J connectivity index is 1.17. The molecule has 0 atom stereocenters. The average molecular weight is 500 g/mol. The van der Waals surface area contributed by atoms with Crippen molar-refractivity contribution >= 4 is 17.6 Å². The van der Waals surface area contributed by atoms with Gasteiger partial charge in [-0.3, -0.25) is 9.59 Å². The van der Waals surface area contributed by atoms with E-state index in [1.165, 1.54) is 0 Å². The minimum atomic E-state index is 0.00388. The summed E-state index contributed by atoms with van der Waals surface area (Å²) >= 11 is 0. The fourth-order valence-electron chi connectivity index (χ4n) is 4.79. The Bertz CT molecular complexity index is 1190. The maximum absolute atomic E-state index is 13.2. The Labute approximate surface area is 217 Å². The predicted molar refractivity (Wildman–Crippen MR) is 142 cm³/mol. The van der Waals surface area contributed by atoms with Gasteiger partial charge in [0.2, 0.25) is 11.8 Å². The Morgan fingerprint density at radius 2 is 1.65 bits per heavy atom. The number of rotatable bonds is 8. The van der Waals surface area contributed by atoms with Crippen molar-refractivity contribution in [1.82, 2.24) is 20.0 Å². The molecule has 2 amide bonds. The Morgan fingerprint density at radius 3 is 2.24 bits per heavy atom. The smallest absolute Gasteiger partial charge is 0.242 e. The predicted octanol–water partition coefficient (Wildman–Crippen LogP) is 3.63. The van der Waals surface area contributed by atoms with E-state index >= 15 is 0 Å². The first kappa shape index (κ1) is 24.7. The number of hydrogen-bond donors (Lipinski definition) is 0. The molecule has 1 aromatic heterocycles. The number of benzene rings is 2. The van der Waals surface area contributed by atoms with Crippen LogP contribution in [-0.2, 0) is 16.1 Å². The van der Waals surface area contributed by atoms with Crippen molar-refractivity contribution in [3.8, 4) is 17.0 Å². The van der Waals surface area contributed by atoms with E-state index in [9.17, 15) is 9.59 Å². The lowest BCUT2D eigenvalue weighted by Gasteiger charge is -2.37. The Kier molecular flexibility index (Phi) is 7.63. The lowest BCUT2D eigenvalue weighted by atomic mass is 9.84. The number of hydrogen-bond acceptors (Lipinski definition) is 6. The minimum Gasteiger partial charge on any atom is -0.497 e. The molecule has 5 rings (SSSR count). The number of carbonyl (C=O) groups is 2. The first-order valence-corrected chi connectivity index (χ1v) is 12.9. The van der Waals surface area contributed by atoms with Crippen LogP contribution >= 0.6 is 0 Å². The van der Waals surface area contributed by atoms with Gasteiger partial charge >= 0.3 is 0 Å². The van der Waals surface area contributed by atoms with Crippen molar-refractivity contribution in [3.05, 3.63) is 72.3 Å². The summed E-state index contributed by atoms with van der Waals surface area (Å²) in [6, 6.07) is 21.6. The van der Waals surface area contributed by atoms with Crippen molar-refractivity contribution in [2.75, 3.05) is 44.7 Å². The van der Waals surface area contributed by atoms with Gasteiger partial charge in [-0.25, -0.2) is 0 Å². The number of piperazine rings is 1. The first-order valence-electron chi connectivity index (χ1n) is 12.9. The van der Waals surface area contributed by atoms with Crippen LogP contribution in [0.3, 0.4) is 0 Å². The summed E-state index contributed by atoms with van der Waals surface area (Å²) in [6.07, 6.45) is 2.94. The molecule has 0 spiro atoms. The number of carbonyl (C=O) groups excluding carboxylic acids is 2. The molecule has 1 aliphatic carbocycles. The number of anilines is 1. The molecule has 0 radical (unpaired) electrons. The van der Waals surface area contributed by atoms with Crippen LogP contribution in [-0.4, -0.2) is 71.6 Å². The van der Waals surface area contributed by atoms with Gasteiger partial charge in [0, 0.05) is 44.2 Å². The van der Waals surface area contributed by atoms with Crippen LogP contribution in [0, 0.1) is 5.92 Å². The molecule has 2 aromatic carbocycles. The highest BCUT2D eigenvalue weighted by atomic mass is 16.5. The number of ether oxygens (including phenoxy) is 1. The highest BCUT2D eigenvalue weighted by Gasteiger charge is 2.32. The highest BCUT2D eigenvalue weighted by Crippen LogP contribution is 2.29. The van der Waals surface area contributed by atoms with Crippen molar-refractivity contribution < 1.29 is 14.3 Å². The lowest BCUT2D eigenvalue weighted by Crippen LogP contribution is -2.52. The van der Waals surface area contributed by atoms with Gasteiger partial charge in [0.25, 0.3) is 0 Å². The summed E-state index contributed by atoms with van der Waals surface area (Å²) in [6.45, 7) is 3.14. The molecular weight excluding hydrogens is 466 g/mol. The molecule has 0 N–H and O–H groups in total. The van der Waals surface area contributed by atoms with E-state index in [-0.39, 0.29) is 24.3 Å². The first-order chi connectivity index (χ1) is 18.1. The van der Waals surface area contributed by atoms with E-state index in [0.29, 0.717) is 32.7 Å². The third-order valence-electron chi connectivity index (χ3n) is 7.30. The molecule has 2 heterocycles. The van der Waals surface area contributed by atoms with Gasteiger partial charge in [-0.2, -0.15) is 0 Å². The van der Waals surface area contributed by atoms with Crippen LogP contribution in [0.25, 0.3) is 11.3 Å². The second kappa shape index (κ2) is 11.4. The molecule has 0 bridgehead atoms. The average Bonchev–Trinajstić information content (AvgIpc) is 2.92. The summed E-state index contributed by atoms with van der Waals surface area (Å²) in [5, 5.41) is 8.84.